The summed E-state index contributed by atoms with van der Waals surface area (Å²) in [4.78, 5) is 2.48. The molecule has 0 spiro atoms. The van der Waals surface area contributed by atoms with Crippen LogP contribution in [-0.4, -0.2) is 31.6 Å². The third kappa shape index (κ3) is 3.50. The highest BCUT2D eigenvalue weighted by molar-refractivity contribution is 6.30. The third-order valence-corrected chi connectivity index (χ3v) is 4.39. The van der Waals surface area contributed by atoms with E-state index in [4.69, 9.17) is 11.6 Å². The fourth-order valence-electron chi connectivity index (χ4n) is 3.17. The van der Waals surface area contributed by atoms with Crippen LogP contribution in [0.4, 0.5) is 0 Å². The van der Waals surface area contributed by atoms with Crippen molar-refractivity contribution in [2.24, 2.45) is 5.92 Å². The van der Waals surface area contributed by atoms with E-state index in [0.29, 0.717) is 12.0 Å². The lowest BCUT2D eigenvalue weighted by molar-refractivity contribution is 0.271. The molecule has 1 heterocycles. The molecule has 0 radical (unpaired) electrons. The number of halogens is 1. The molecule has 0 aliphatic carbocycles. The van der Waals surface area contributed by atoms with E-state index in [1.165, 1.54) is 30.5 Å². The number of rotatable bonds is 5. The maximum absolute atomic E-state index is 6.07. The second kappa shape index (κ2) is 6.74. The minimum Gasteiger partial charge on any atom is -0.316 e. The van der Waals surface area contributed by atoms with Crippen LogP contribution in [0.5, 0.6) is 0 Å². The predicted molar refractivity (Wildman–Crippen MR) is 82.8 cm³/mol. The Morgan fingerprint density at radius 3 is 2.89 bits per heavy atom. The molecule has 0 saturated carbocycles. The Balaban J connectivity index is 2.14. The van der Waals surface area contributed by atoms with Crippen LogP contribution in [-0.2, 0) is 0 Å². The quantitative estimate of drug-likeness (QED) is 0.829. The molecule has 1 aliphatic rings. The summed E-state index contributed by atoms with van der Waals surface area (Å²) >= 11 is 6.07. The average Bonchev–Trinajstić information content (AvgIpc) is 2.72. The van der Waals surface area contributed by atoms with E-state index in [1.807, 2.05) is 6.07 Å². The molecule has 1 N–H and O–H groups in total. The van der Waals surface area contributed by atoms with Crippen LogP contribution in [0.25, 0.3) is 0 Å². The normalized spacial score (nSPS) is 24.0. The highest BCUT2D eigenvalue weighted by Crippen LogP contribution is 2.37. The summed E-state index contributed by atoms with van der Waals surface area (Å²) in [7, 11) is 2.23. The SMILES string of the molecule is CCCNCC1CCN(C)C1c1ccc(Cl)cc1C. The lowest BCUT2D eigenvalue weighted by atomic mass is 9.91. The molecule has 1 aromatic carbocycles. The van der Waals surface area contributed by atoms with Crippen molar-refractivity contribution in [2.75, 3.05) is 26.7 Å². The molecule has 2 unspecified atom stereocenters. The number of nitrogens with one attached hydrogen (secondary N) is 1. The first-order valence-corrected chi connectivity index (χ1v) is 7.68. The predicted octanol–water partition coefficient (Wildman–Crippen LogP) is 3.64. The number of hydrogen-bond donors (Lipinski definition) is 1. The first kappa shape index (κ1) is 14.8. The Morgan fingerprint density at radius 2 is 2.21 bits per heavy atom. The molecule has 1 saturated heterocycles. The van der Waals surface area contributed by atoms with E-state index in [2.05, 4.69) is 43.2 Å². The molecule has 2 rings (SSSR count). The summed E-state index contributed by atoms with van der Waals surface area (Å²) < 4.78 is 0. The zero-order chi connectivity index (χ0) is 13.8. The Kier molecular flexibility index (Phi) is 5.26. The van der Waals surface area contributed by atoms with E-state index >= 15 is 0 Å². The number of likely N-dealkylation sites (tertiary alicyclic amines) is 1. The Hall–Kier alpha value is -0.570. The summed E-state index contributed by atoms with van der Waals surface area (Å²) in [5, 5.41) is 4.41. The molecule has 3 heteroatoms. The fraction of sp³-hybridized carbons (Fsp3) is 0.625. The van der Waals surface area contributed by atoms with Gasteiger partial charge in [0.2, 0.25) is 0 Å². The molecule has 0 aromatic heterocycles. The molecule has 0 bridgehead atoms. The summed E-state index contributed by atoms with van der Waals surface area (Å²) in [6, 6.07) is 6.84. The minimum absolute atomic E-state index is 0.529. The Labute approximate surface area is 122 Å². The first-order valence-electron chi connectivity index (χ1n) is 7.30. The van der Waals surface area contributed by atoms with Gasteiger partial charge in [0.1, 0.15) is 0 Å². The van der Waals surface area contributed by atoms with Crippen molar-refractivity contribution in [1.29, 1.82) is 0 Å². The molecule has 1 fully saturated rings. The molecule has 0 amide bonds. The van der Waals surface area contributed by atoms with Crippen LogP contribution in [0.1, 0.15) is 36.9 Å². The second-order valence-corrected chi connectivity index (χ2v) is 6.12. The van der Waals surface area contributed by atoms with Gasteiger partial charge in [0.05, 0.1) is 0 Å². The lowest BCUT2D eigenvalue weighted by Crippen LogP contribution is -2.29. The number of hydrogen-bond acceptors (Lipinski definition) is 2. The maximum atomic E-state index is 6.07. The summed E-state index contributed by atoms with van der Waals surface area (Å²) in [6.07, 6.45) is 2.48. The largest absolute Gasteiger partial charge is 0.316 e. The van der Waals surface area contributed by atoms with Gasteiger partial charge in [0.15, 0.2) is 0 Å². The number of aryl methyl sites for hydroxylation is 1. The van der Waals surface area contributed by atoms with E-state index in [1.54, 1.807) is 0 Å². The van der Waals surface area contributed by atoms with Gasteiger partial charge in [-0.3, -0.25) is 4.90 Å². The average molecular weight is 281 g/mol. The van der Waals surface area contributed by atoms with Crippen molar-refractivity contribution in [2.45, 2.75) is 32.7 Å². The van der Waals surface area contributed by atoms with Crippen LogP contribution in [0.15, 0.2) is 18.2 Å². The zero-order valence-corrected chi connectivity index (χ0v) is 13.0. The van der Waals surface area contributed by atoms with Gasteiger partial charge >= 0.3 is 0 Å². The molecule has 1 aromatic rings. The van der Waals surface area contributed by atoms with Gasteiger partial charge in [-0.15, -0.1) is 0 Å². The van der Waals surface area contributed by atoms with Crippen LogP contribution in [0.3, 0.4) is 0 Å². The summed E-state index contributed by atoms with van der Waals surface area (Å²) in [5.74, 6) is 0.705. The van der Waals surface area contributed by atoms with E-state index in [9.17, 15) is 0 Å². The van der Waals surface area contributed by atoms with Crippen molar-refractivity contribution in [3.8, 4) is 0 Å². The molecule has 2 nitrogen and oxygen atoms in total. The van der Waals surface area contributed by atoms with E-state index in [0.717, 1.165) is 18.1 Å². The van der Waals surface area contributed by atoms with Crippen molar-refractivity contribution in [1.82, 2.24) is 10.2 Å². The molecular formula is C16H25ClN2. The standard InChI is InChI=1S/C16H25ClN2/c1-4-8-18-11-13-7-9-19(3)16(13)15-6-5-14(17)10-12(15)2/h5-6,10,13,16,18H,4,7-9,11H2,1-3H3. The topological polar surface area (TPSA) is 15.3 Å². The van der Waals surface area contributed by atoms with Crippen molar-refractivity contribution < 1.29 is 0 Å². The zero-order valence-electron chi connectivity index (χ0n) is 12.2. The number of benzene rings is 1. The van der Waals surface area contributed by atoms with Crippen LogP contribution < -0.4 is 5.32 Å². The summed E-state index contributed by atoms with van der Waals surface area (Å²) in [5.41, 5.74) is 2.75. The molecule has 106 valence electrons. The van der Waals surface area contributed by atoms with Crippen LogP contribution in [0, 0.1) is 12.8 Å². The molecule has 19 heavy (non-hydrogen) atoms. The van der Waals surface area contributed by atoms with E-state index < -0.39 is 0 Å². The van der Waals surface area contributed by atoms with E-state index in [-0.39, 0.29) is 0 Å². The fourth-order valence-corrected chi connectivity index (χ4v) is 3.39. The van der Waals surface area contributed by atoms with Gasteiger partial charge < -0.3 is 5.32 Å². The maximum Gasteiger partial charge on any atom is 0.0408 e. The van der Waals surface area contributed by atoms with Crippen molar-refractivity contribution >= 4 is 11.6 Å². The van der Waals surface area contributed by atoms with Crippen LogP contribution >= 0.6 is 11.6 Å². The second-order valence-electron chi connectivity index (χ2n) is 5.68. The lowest BCUT2D eigenvalue weighted by Gasteiger charge is -2.27. The van der Waals surface area contributed by atoms with Gasteiger partial charge in [-0.1, -0.05) is 24.6 Å². The van der Waals surface area contributed by atoms with Gasteiger partial charge in [-0.2, -0.15) is 0 Å². The summed E-state index contributed by atoms with van der Waals surface area (Å²) in [6.45, 7) is 7.81. The van der Waals surface area contributed by atoms with Gasteiger partial charge in [-0.25, -0.2) is 0 Å². The Morgan fingerprint density at radius 1 is 1.42 bits per heavy atom. The van der Waals surface area contributed by atoms with Gasteiger partial charge in [0, 0.05) is 11.1 Å². The third-order valence-electron chi connectivity index (χ3n) is 4.16. The number of nitrogens with zero attached hydrogens (tertiary/aromatic N) is 1. The monoisotopic (exact) mass is 280 g/mol. The van der Waals surface area contributed by atoms with Crippen LogP contribution in [0.2, 0.25) is 5.02 Å². The smallest absolute Gasteiger partial charge is 0.0408 e. The van der Waals surface area contributed by atoms with Crippen molar-refractivity contribution in [3.05, 3.63) is 34.3 Å². The highest BCUT2D eigenvalue weighted by Gasteiger charge is 2.33. The highest BCUT2D eigenvalue weighted by atomic mass is 35.5. The molecule has 1 aliphatic heterocycles. The molecular weight excluding hydrogens is 256 g/mol. The van der Waals surface area contributed by atoms with Crippen molar-refractivity contribution in [3.63, 3.8) is 0 Å². The minimum atomic E-state index is 0.529. The first-order chi connectivity index (χ1) is 9.13. The van der Waals surface area contributed by atoms with Gasteiger partial charge in [-0.05, 0) is 75.6 Å². The molecule has 2 atom stereocenters. The Bertz CT molecular complexity index is 419. The van der Waals surface area contributed by atoms with Gasteiger partial charge in [0.25, 0.3) is 0 Å².